The van der Waals surface area contributed by atoms with Gasteiger partial charge in [-0.05, 0) is 37.6 Å². The maximum Gasteiger partial charge on any atom is 0.246 e. The molecule has 0 spiro atoms. The first kappa shape index (κ1) is 15.0. The van der Waals surface area contributed by atoms with Gasteiger partial charge >= 0.3 is 0 Å². The SMILES string of the molecule is CCCC(C)(N)c1nc(CSc2ccc(F)cc2)no1. The zero-order valence-corrected chi connectivity index (χ0v) is 12.4. The van der Waals surface area contributed by atoms with Gasteiger partial charge < -0.3 is 10.3 Å². The average molecular weight is 295 g/mol. The molecule has 1 aromatic carbocycles. The minimum atomic E-state index is -0.583. The highest BCUT2D eigenvalue weighted by Gasteiger charge is 2.27. The molecule has 1 unspecified atom stereocenters. The predicted molar refractivity (Wildman–Crippen MR) is 76.7 cm³/mol. The van der Waals surface area contributed by atoms with Gasteiger partial charge in [0.15, 0.2) is 5.82 Å². The second kappa shape index (κ2) is 6.37. The minimum absolute atomic E-state index is 0.241. The van der Waals surface area contributed by atoms with E-state index in [1.54, 1.807) is 12.1 Å². The number of thioether (sulfide) groups is 1. The fourth-order valence-corrected chi connectivity index (χ4v) is 2.59. The molecule has 20 heavy (non-hydrogen) atoms. The monoisotopic (exact) mass is 295 g/mol. The molecule has 2 N–H and O–H groups in total. The lowest BCUT2D eigenvalue weighted by atomic mass is 9.98. The van der Waals surface area contributed by atoms with Crippen molar-refractivity contribution in [1.29, 1.82) is 0 Å². The van der Waals surface area contributed by atoms with E-state index < -0.39 is 5.54 Å². The molecule has 0 aliphatic rings. The molecule has 0 fully saturated rings. The Bertz CT molecular complexity index is 554. The molecule has 4 nitrogen and oxygen atoms in total. The molecule has 0 amide bonds. The first-order valence-corrected chi connectivity index (χ1v) is 7.50. The van der Waals surface area contributed by atoms with Gasteiger partial charge in [-0.1, -0.05) is 18.5 Å². The summed E-state index contributed by atoms with van der Waals surface area (Å²) in [5.41, 5.74) is 5.56. The summed E-state index contributed by atoms with van der Waals surface area (Å²) in [4.78, 5) is 5.30. The van der Waals surface area contributed by atoms with E-state index in [2.05, 4.69) is 17.1 Å². The van der Waals surface area contributed by atoms with E-state index in [1.807, 2.05) is 6.92 Å². The topological polar surface area (TPSA) is 64.9 Å². The summed E-state index contributed by atoms with van der Waals surface area (Å²) in [5, 5.41) is 3.94. The summed E-state index contributed by atoms with van der Waals surface area (Å²) in [6, 6.07) is 6.32. The highest BCUT2D eigenvalue weighted by Crippen LogP contribution is 2.25. The van der Waals surface area contributed by atoms with Crippen LogP contribution in [0.5, 0.6) is 0 Å². The van der Waals surface area contributed by atoms with E-state index in [9.17, 15) is 4.39 Å². The van der Waals surface area contributed by atoms with Crippen LogP contribution in [0.25, 0.3) is 0 Å². The summed E-state index contributed by atoms with van der Waals surface area (Å²) < 4.78 is 18.0. The summed E-state index contributed by atoms with van der Waals surface area (Å²) in [5.74, 6) is 1.39. The Morgan fingerprint density at radius 2 is 2.05 bits per heavy atom. The number of aromatic nitrogens is 2. The Labute approximate surface area is 121 Å². The van der Waals surface area contributed by atoms with Crippen molar-refractivity contribution in [3.05, 3.63) is 41.8 Å². The van der Waals surface area contributed by atoms with Crippen LogP contribution >= 0.6 is 11.8 Å². The summed E-state index contributed by atoms with van der Waals surface area (Å²) in [6.45, 7) is 3.95. The Kier molecular flexibility index (Phi) is 4.77. The molecule has 6 heteroatoms. The molecule has 1 atom stereocenters. The predicted octanol–water partition coefficient (Wildman–Crippen LogP) is 3.48. The van der Waals surface area contributed by atoms with E-state index in [-0.39, 0.29) is 5.82 Å². The minimum Gasteiger partial charge on any atom is -0.337 e. The number of nitrogens with zero attached hydrogens (tertiary/aromatic N) is 2. The van der Waals surface area contributed by atoms with Crippen molar-refractivity contribution in [1.82, 2.24) is 10.1 Å². The Hall–Kier alpha value is -1.40. The van der Waals surface area contributed by atoms with Gasteiger partial charge in [0.2, 0.25) is 5.89 Å². The largest absolute Gasteiger partial charge is 0.337 e. The molecule has 0 aliphatic heterocycles. The highest BCUT2D eigenvalue weighted by molar-refractivity contribution is 7.98. The maximum absolute atomic E-state index is 12.8. The van der Waals surface area contributed by atoms with Gasteiger partial charge in [0.25, 0.3) is 0 Å². The van der Waals surface area contributed by atoms with Crippen LogP contribution in [0, 0.1) is 5.82 Å². The van der Waals surface area contributed by atoms with Crippen molar-refractivity contribution in [3.63, 3.8) is 0 Å². The molecule has 0 radical (unpaired) electrons. The van der Waals surface area contributed by atoms with Crippen molar-refractivity contribution in [2.75, 3.05) is 0 Å². The quantitative estimate of drug-likeness (QED) is 0.827. The third kappa shape index (κ3) is 3.80. The van der Waals surface area contributed by atoms with Gasteiger partial charge in [-0.25, -0.2) is 4.39 Å². The molecule has 0 bridgehead atoms. The number of hydrogen-bond donors (Lipinski definition) is 1. The van der Waals surface area contributed by atoms with E-state index in [0.717, 1.165) is 17.7 Å². The number of halogens is 1. The van der Waals surface area contributed by atoms with Gasteiger partial charge in [-0.15, -0.1) is 11.8 Å². The third-order valence-corrected chi connectivity index (χ3v) is 3.92. The molecule has 2 aromatic rings. The van der Waals surface area contributed by atoms with Gasteiger partial charge in [0.1, 0.15) is 5.82 Å². The van der Waals surface area contributed by atoms with Crippen LogP contribution < -0.4 is 5.73 Å². The lowest BCUT2D eigenvalue weighted by Crippen LogP contribution is -2.33. The molecule has 2 rings (SSSR count). The first-order valence-electron chi connectivity index (χ1n) is 6.51. The van der Waals surface area contributed by atoms with Gasteiger partial charge in [0.05, 0.1) is 11.3 Å². The second-order valence-corrected chi connectivity index (χ2v) is 5.97. The number of nitrogens with two attached hydrogens (primary N) is 1. The molecule has 0 aliphatic carbocycles. The van der Waals surface area contributed by atoms with E-state index >= 15 is 0 Å². The molecule has 0 saturated carbocycles. The van der Waals surface area contributed by atoms with Crippen LogP contribution in [0.15, 0.2) is 33.7 Å². The van der Waals surface area contributed by atoms with Crippen LogP contribution in [0.2, 0.25) is 0 Å². The first-order chi connectivity index (χ1) is 9.51. The summed E-state index contributed by atoms with van der Waals surface area (Å²) in [6.07, 6.45) is 1.74. The van der Waals surface area contributed by atoms with E-state index in [1.165, 1.54) is 23.9 Å². The lowest BCUT2D eigenvalue weighted by Gasteiger charge is -2.18. The zero-order valence-electron chi connectivity index (χ0n) is 11.6. The molecule has 1 aromatic heterocycles. The average Bonchev–Trinajstić information content (AvgIpc) is 2.88. The molecular weight excluding hydrogens is 277 g/mol. The van der Waals surface area contributed by atoms with E-state index in [4.69, 9.17) is 10.3 Å². The summed E-state index contributed by atoms with van der Waals surface area (Å²) >= 11 is 1.53. The van der Waals surface area contributed by atoms with Crippen LogP contribution in [0.1, 0.15) is 38.4 Å². The van der Waals surface area contributed by atoms with Gasteiger partial charge in [-0.3, -0.25) is 0 Å². The van der Waals surface area contributed by atoms with Crippen LogP contribution in [0.4, 0.5) is 4.39 Å². The molecular formula is C14H18FN3OS. The third-order valence-electron chi connectivity index (χ3n) is 2.91. The standard InChI is InChI=1S/C14H18FN3OS/c1-3-8-14(2,16)13-17-12(18-19-13)9-20-11-6-4-10(15)5-7-11/h4-7H,3,8-9,16H2,1-2H3. The van der Waals surface area contributed by atoms with Gasteiger partial charge in [0, 0.05) is 4.90 Å². The van der Waals surface area contributed by atoms with Gasteiger partial charge in [-0.2, -0.15) is 4.98 Å². The van der Waals surface area contributed by atoms with Crippen molar-refractivity contribution in [2.45, 2.75) is 42.9 Å². The van der Waals surface area contributed by atoms with Crippen molar-refractivity contribution in [3.8, 4) is 0 Å². The highest BCUT2D eigenvalue weighted by atomic mass is 32.2. The molecule has 0 saturated heterocycles. The summed E-state index contributed by atoms with van der Waals surface area (Å²) in [7, 11) is 0. The Morgan fingerprint density at radius 3 is 2.70 bits per heavy atom. The fraction of sp³-hybridized carbons (Fsp3) is 0.429. The normalized spacial score (nSPS) is 14.2. The maximum atomic E-state index is 12.8. The lowest BCUT2D eigenvalue weighted by molar-refractivity contribution is 0.282. The zero-order chi connectivity index (χ0) is 14.6. The second-order valence-electron chi connectivity index (χ2n) is 4.93. The smallest absolute Gasteiger partial charge is 0.246 e. The van der Waals surface area contributed by atoms with Crippen LogP contribution in [-0.4, -0.2) is 10.1 Å². The number of benzene rings is 1. The van der Waals surface area contributed by atoms with Crippen molar-refractivity contribution < 1.29 is 8.91 Å². The number of hydrogen-bond acceptors (Lipinski definition) is 5. The van der Waals surface area contributed by atoms with Crippen LogP contribution in [-0.2, 0) is 11.3 Å². The Morgan fingerprint density at radius 1 is 1.35 bits per heavy atom. The van der Waals surface area contributed by atoms with Crippen molar-refractivity contribution in [2.24, 2.45) is 5.73 Å². The Balaban J connectivity index is 1.97. The fourth-order valence-electron chi connectivity index (χ4n) is 1.85. The molecule has 108 valence electrons. The van der Waals surface area contributed by atoms with E-state index in [0.29, 0.717) is 17.5 Å². The van der Waals surface area contributed by atoms with Crippen LogP contribution in [0.3, 0.4) is 0 Å². The molecule has 1 heterocycles. The van der Waals surface area contributed by atoms with Crippen molar-refractivity contribution >= 4 is 11.8 Å². The number of rotatable bonds is 6.